The summed E-state index contributed by atoms with van der Waals surface area (Å²) in [4.78, 5) is 18.6. The Balaban J connectivity index is 0.840. The van der Waals surface area contributed by atoms with Crippen LogP contribution in [0.2, 0.25) is 0 Å². The molecule has 0 amide bonds. The summed E-state index contributed by atoms with van der Waals surface area (Å²) >= 11 is 0. The average molecular weight is 1140 g/mol. The molecule has 0 spiro atoms. The third kappa shape index (κ3) is 11.9. The summed E-state index contributed by atoms with van der Waals surface area (Å²) in [7, 11) is -7.59. The number of anilines is 2. The molecule has 80 heavy (non-hydrogen) atoms. The van der Waals surface area contributed by atoms with E-state index in [2.05, 4.69) is 30.9 Å². The summed E-state index contributed by atoms with van der Waals surface area (Å²) in [5.74, 6) is -0.902. The normalized spacial score (nSPS) is 17.5. The number of nitrogens with zero attached hydrogens (tertiary/aromatic N) is 6. The average Bonchev–Trinajstić information content (AvgIpc) is 4.32. The molecule has 2 saturated heterocycles. The van der Waals surface area contributed by atoms with Crippen LogP contribution in [0.15, 0.2) is 122 Å². The zero-order valence-corrected chi connectivity index (χ0v) is 45.0. The number of halogens is 4. The van der Waals surface area contributed by atoms with Crippen LogP contribution in [0.5, 0.6) is 0 Å². The van der Waals surface area contributed by atoms with Gasteiger partial charge in [-0.25, -0.2) is 45.6 Å². The van der Waals surface area contributed by atoms with E-state index in [0.717, 1.165) is 12.0 Å². The molecule has 3 unspecified atom stereocenters. The minimum Gasteiger partial charge on any atom is -0.382 e. The number of ether oxygens (including phenoxy) is 2. The molecule has 6 N–H and O–H groups in total. The van der Waals surface area contributed by atoms with Crippen LogP contribution in [0.1, 0.15) is 62.5 Å². The Hall–Kier alpha value is -7.48. The molecule has 24 heteroatoms. The lowest BCUT2D eigenvalue weighted by atomic mass is 10.0. The smallest absolute Gasteiger partial charge is 0.189 e. The van der Waals surface area contributed by atoms with Crippen molar-refractivity contribution in [1.29, 1.82) is 0 Å². The van der Waals surface area contributed by atoms with Crippen molar-refractivity contribution in [3.8, 4) is 67.9 Å². The maximum absolute atomic E-state index is 15.9. The summed E-state index contributed by atoms with van der Waals surface area (Å²) in [6.07, 6.45) is 1.74. The summed E-state index contributed by atoms with van der Waals surface area (Å²) in [5.41, 5.74) is 17.1. The molecule has 6 heterocycles. The molecule has 4 aromatic carbocycles. The molecule has 2 fully saturated rings. The van der Waals surface area contributed by atoms with Crippen molar-refractivity contribution in [1.82, 2.24) is 40.9 Å². The van der Waals surface area contributed by atoms with E-state index in [1.807, 2.05) is 0 Å². The van der Waals surface area contributed by atoms with Gasteiger partial charge in [-0.15, -0.1) is 0 Å². The minimum atomic E-state index is -3.85. The van der Waals surface area contributed by atoms with Crippen molar-refractivity contribution in [2.45, 2.75) is 91.1 Å². The van der Waals surface area contributed by atoms with E-state index >= 15 is 8.78 Å². The second kappa shape index (κ2) is 23.7. The summed E-state index contributed by atoms with van der Waals surface area (Å²) < 4.78 is 133. The highest BCUT2D eigenvalue weighted by atomic mass is 32.2. The molecule has 0 aliphatic carbocycles. The molecule has 5 atom stereocenters. The van der Waals surface area contributed by atoms with E-state index in [0.29, 0.717) is 60.0 Å². The van der Waals surface area contributed by atoms with Crippen LogP contribution in [-0.4, -0.2) is 103 Å². The number of benzene rings is 4. The molecule has 0 saturated carbocycles. The van der Waals surface area contributed by atoms with Crippen LogP contribution < -0.4 is 22.1 Å². The topological polar surface area (TPSA) is 266 Å². The first kappa shape index (κ1) is 55.8. The molecule has 18 nitrogen and oxygen atoms in total. The van der Waals surface area contributed by atoms with Gasteiger partial charge in [-0.1, -0.05) is 46.7 Å². The maximum Gasteiger partial charge on any atom is 0.189 e. The Morgan fingerprint density at radius 1 is 0.625 bits per heavy atom. The first-order valence-electron chi connectivity index (χ1n) is 25.8. The third-order valence-corrected chi connectivity index (χ3v) is 18.8. The molecule has 0 bridgehead atoms. The number of nitrogens with one attached hydrogen (secondary N) is 2. The maximum atomic E-state index is 15.9. The summed E-state index contributed by atoms with van der Waals surface area (Å²) in [6, 6.07) is 24.4. The van der Waals surface area contributed by atoms with Gasteiger partial charge < -0.3 is 40.6 Å². The Kier molecular flexibility index (Phi) is 16.5. The van der Waals surface area contributed by atoms with E-state index in [4.69, 9.17) is 40.0 Å². The Bertz CT molecular complexity index is 3750. The van der Waals surface area contributed by atoms with Gasteiger partial charge in [0.1, 0.15) is 29.1 Å². The summed E-state index contributed by atoms with van der Waals surface area (Å²) in [6.45, 7) is 3.59. The zero-order valence-electron chi connectivity index (χ0n) is 43.4. The molecular formula is C56H56F4N10O8S2. The second-order valence-electron chi connectivity index (χ2n) is 19.8. The second-order valence-corrected chi connectivity index (χ2v) is 24.5. The number of hydrogen-bond donors (Lipinski definition) is 4. The SMILES string of the molecule is CC(CCF)S(=O)(=O)c1ccc(-c2cnc(N)c(-c3cc(-c4ccc(CN[C@H]5COC(c6nc(N)c(-c7cc(-c8ccc(CN[C@H]9CCOC9)cc8F)no7)nc6-c6ccc(S(=O)(=O)C(C)CCF)cc6)C5)cc4F)no3)n2)cc1. The number of hydrogen-bond acceptors (Lipinski definition) is 18. The largest absolute Gasteiger partial charge is 0.382 e. The quantitative estimate of drug-likeness (QED) is 0.0488. The van der Waals surface area contributed by atoms with Crippen LogP contribution >= 0.6 is 0 Å². The number of nitrogen functional groups attached to an aromatic ring is 2. The van der Waals surface area contributed by atoms with E-state index in [9.17, 15) is 25.6 Å². The molecule has 4 aromatic heterocycles. The zero-order chi connectivity index (χ0) is 56.3. The van der Waals surface area contributed by atoms with Crippen LogP contribution in [0.4, 0.5) is 29.2 Å². The van der Waals surface area contributed by atoms with Gasteiger partial charge in [-0.2, -0.15) is 0 Å². The number of nitrogens with two attached hydrogens (primary N) is 2. The molecule has 0 radical (unpaired) electrons. The Morgan fingerprint density at radius 3 is 1.69 bits per heavy atom. The number of rotatable bonds is 21. The van der Waals surface area contributed by atoms with E-state index in [-0.39, 0.29) is 105 Å². The van der Waals surface area contributed by atoms with Crippen LogP contribution in [-0.2, 0) is 42.2 Å². The van der Waals surface area contributed by atoms with Gasteiger partial charge in [-0.3, -0.25) is 8.78 Å². The number of sulfone groups is 2. The predicted octanol–water partition coefficient (Wildman–Crippen LogP) is 9.23. The highest BCUT2D eigenvalue weighted by Crippen LogP contribution is 2.39. The fraction of sp³-hybridized carbons (Fsp3) is 0.321. The van der Waals surface area contributed by atoms with Gasteiger partial charge in [0.25, 0.3) is 0 Å². The van der Waals surface area contributed by atoms with Gasteiger partial charge in [0.05, 0.1) is 70.1 Å². The Morgan fingerprint density at radius 2 is 1.16 bits per heavy atom. The molecule has 2 aliphatic heterocycles. The van der Waals surface area contributed by atoms with Crippen LogP contribution in [0, 0.1) is 11.6 Å². The van der Waals surface area contributed by atoms with Crippen molar-refractivity contribution in [3.63, 3.8) is 0 Å². The van der Waals surface area contributed by atoms with Crippen molar-refractivity contribution < 1.29 is 52.9 Å². The lowest BCUT2D eigenvalue weighted by Gasteiger charge is -2.17. The third-order valence-electron chi connectivity index (χ3n) is 14.3. The van der Waals surface area contributed by atoms with Crippen LogP contribution in [0.3, 0.4) is 0 Å². The van der Waals surface area contributed by atoms with Gasteiger partial charge >= 0.3 is 0 Å². The van der Waals surface area contributed by atoms with Gasteiger partial charge in [-0.05, 0) is 99.2 Å². The standard InChI is InChI=1S/C56H56F4N10O8S2/c1-31(15-18-57)79(71,72)39-9-5-35(6-10-39)47-28-65-55(61)53(66-47)49-24-45(69-77-49)41-14-4-34(22-44(41)60)27-64-38-23-48(76-30-38)52-51(36-7-11-40(12-8-36)80(73,74)32(2)16-19-58)67-54(56(62)68-52)50-25-46(70-78-50)42-13-3-33(21-43(42)59)26-63-37-17-20-75-29-37/h3-14,21-22,24-25,28,31-32,37-38,48,63-64H,15-20,23,26-27,29-30H2,1-2H3,(H2,61,65)(H2,62,68)/t31?,32?,37-,38+,48?/m0/s1. The molecular weight excluding hydrogens is 1080 g/mol. The minimum absolute atomic E-state index is 0.00367. The highest BCUT2D eigenvalue weighted by molar-refractivity contribution is 7.92. The van der Waals surface area contributed by atoms with Crippen LogP contribution in [0.25, 0.3) is 67.9 Å². The lowest BCUT2D eigenvalue weighted by Crippen LogP contribution is -2.28. The monoisotopic (exact) mass is 1140 g/mol. The van der Waals surface area contributed by atoms with Gasteiger partial charge in [0, 0.05) is 66.2 Å². The molecule has 8 aromatic rings. The fourth-order valence-corrected chi connectivity index (χ4v) is 12.2. The van der Waals surface area contributed by atoms with E-state index in [1.54, 1.807) is 48.5 Å². The van der Waals surface area contributed by atoms with Crippen molar-refractivity contribution >= 4 is 31.3 Å². The van der Waals surface area contributed by atoms with E-state index in [1.165, 1.54) is 68.6 Å². The fourth-order valence-electron chi connectivity index (χ4n) is 9.46. The first-order chi connectivity index (χ1) is 38.5. The number of alkyl halides is 2. The lowest BCUT2D eigenvalue weighted by molar-refractivity contribution is 0.106. The molecule has 10 rings (SSSR count). The Labute approximate surface area is 458 Å². The first-order valence-corrected chi connectivity index (χ1v) is 28.9. The molecule has 418 valence electrons. The van der Waals surface area contributed by atoms with Crippen molar-refractivity contribution in [2.24, 2.45) is 0 Å². The van der Waals surface area contributed by atoms with Gasteiger partial charge in [0.15, 0.2) is 54.2 Å². The molecule has 2 aliphatic rings. The van der Waals surface area contributed by atoms with Gasteiger partial charge in [0.2, 0.25) is 0 Å². The summed E-state index contributed by atoms with van der Waals surface area (Å²) in [5, 5.41) is 13.2. The highest BCUT2D eigenvalue weighted by Gasteiger charge is 2.33. The van der Waals surface area contributed by atoms with Crippen molar-refractivity contribution in [2.75, 3.05) is 44.6 Å². The van der Waals surface area contributed by atoms with Crippen molar-refractivity contribution in [3.05, 3.63) is 132 Å². The van der Waals surface area contributed by atoms with E-state index < -0.39 is 61.3 Å². The predicted molar refractivity (Wildman–Crippen MR) is 290 cm³/mol. The number of aromatic nitrogens is 6.